The molecule has 0 aliphatic heterocycles. The molecule has 22 heavy (non-hydrogen) atoms. The number of fused-ring (bicyclic) bond motifs is 1. The molecule has 0 aliphatic rings. The number of benzene rings is 2. The van der Waals surface area contributed by atoms with E-state index in [1.165, 1.54) is 33.0 Å². The SMILES string of the molecule is Cc1cc2c(CCc3ccccc3)ccc(C)c2[cH-]1.[Cl][Zr][Cl]. The first kappa shape index (κ1) is 17.9. The molecule has 0 aliphatic carbocycles. The topological polar surface area (TPSA) is 0 Å². The molecular formula is C19H19Cl2Zr-. The van der Waals surface area contributed by atoms with E-state index in [0.717, 1.165) is 12.8 Å². The second-order valence-electron chi connectivity index (χ2n) is 5.46. The Balaban J connectivity index is 0.000000545. The van der Waals surface area contributed by atoms with Crippen LogP contribution in [0.2, 0.25) is 0 Å². The number of halogens is 2. The Morgan fingerprint density at radius 2 is 1.64 bits per heavy atom. The molecule has 0 radical (unpaired) electrons. The molecule has 0 aromatic heterocycles. The van der Waals surface area contributed by atoms with Gasteiger partial charge in [-0.2, -0.15) is 6.07 Å². The van der Waals surface area contributed by atoms with E-state index >= 15 is 0 Å². The second-order valence-corrected chi connectivity index (χ2v) is 9.19. The molecule has 0 unspecified atom stereocenters. The Morgan fingerprint density at radius 1 is 0.955 bits per heavy atom. The van der Waals surface area contributed by atoms with E-state index in [1.807, 2.05) is 0 Å². The molecule has 0 amide bonds. The molecule has 0 fully saturated rings. The fourth-order valence-electron chi connectivity index (χ4n) is 2.79. The third kappa shape index (κ3) is 4.75. The van der Waals surface area contributed by atoms with Crippen LogP contribution in [-0.2, 0) is 33.7 Å². The molecule has 3 aromatic rings. The van der Waals surface area contributed by atoms with Gasteiger partial charge in [-0.3, -0.25) is 0 Å². The van der Waals surface area contributed by atoms with E-state index in [-0.39, 0.29) is 0 Å². The molecule has 0 atom stereocenters. The predicted molar refractivity (Wildman–Crippen MR) is 94.6 cm³/mol. The fraction of sp³-hybridized carbons (Fsp3) is 0.211. The van der Waals surface area contributed by atoms with Crippen LogP contribution >= 0.6 is 17.0 Å². The van der Waals surface area contributed by atoms with Crippen molar-refractivity contribution in [1.82, 2.24) is 0 Å². The summed E-state index contributed by atoms with van der Waals surface area (Å²) in [6.07, 6.45) is 2.23. The molecule has 3 heteroatoms. The molecule has 3 aromatic carbocycles. The molecule has 114 valence electrons. The van der Waals surface area contributed by atoms with E-state index in [9.17, 15) is 0 Å². The monoisotopic (exact) mass is 407 g/mol. The van der Waals surface area contributed by atoms with Crippen LogP contribution in [0.3, 0.4) is 0 Å². The van der Waals surface area contributed by atoms with Crippen LogP contribution in [0.4, 0.5) is 0 Å². The fourth-order valence-corrected chi connectivity index (χ4v) is 2.79. The van der Waals surface area contributed by atoms with Gasteiger partial charge in [-0.15, -0.1) is 34.0 Å². The van der Waals surface area contributed by atoms with Crippen molar-refractivity contribution in [2.24, 2.45) is 0 Å². The Morgan fingerprint density at radius 3 is 2.32 bits per heavy atom. The van der Waals surface area contributed by atoms with E-state index in [4.69, 9.17) is 17.0 Å². The minimum absolute atomic E-state index is 0.826. The summed E-state index contributed by atoms with van der Waals surface area (Å²) in [4.78, 5) is 0. The van der Waals surface area contributed by atoms with Crippen molar-refractivity contribution in [2.75, 3.05) is 0 Å². The summed E-state index contributed by atoms with van der Waals surface area (Å²) in [7, 11) is 9.87. The summed E-state index contributed by atoms with van der Waals surface area (Å²) in [6.45, 7) is 4.38. The van der Waals surface area contributed by atoms with Gasteiger partial charge in [-0.1, -0.05) is 55.8 Å². The van der Waals surface area contributed by atoms with Crippen molar-refractivity contribution < 1.29 is 20.8 Å². The van der Waals surface area contributed by atoms with Crippen LogP contribution < -0.4 is 0 Å². The number of aryl methyl sites for hydroxylation is 4. The average Bonchev–Trinajstić information content (AvgIpc) is 2.91. The van der Waals surface area contributed by atoms with Crippen LogP contribution in [0.25, 0.3) is 10.8 Å². The van der Waals surface area contributed by atoms with Crippen LogP contribution in [-0.4, -0.2) is 0 Å². The van der Waals surface area contributed by atoms with Crippen molar-refractivity contribution in [3.63, 3.8) is 0 Å². The first-order valence-electron chi connectivity index (χ1n) is 7.31. The van der Waals surface area contributed by atoms with E-state index in [0.29, 0.717) is 0 Å². The van der Waals surface area contributed by atoms with Crippen LogP contribution in [0, 0.1) is 13.8 Å². The molecule has 0 bridgehead atoms. The zero-order valence-corrected chi connectivity index (χ0v) is 16.8. The number of hydrogen-bond acceptors (Lipinski definition) is 0. The van der Waals surface area contributed by atoms with Crippen LogP contribution in [0.1, 0.15) is 22.3 Å². The minimum atomic E-state index is -0.826. The van der Waals surface area contributed by atoms with Gasteiger partial charge in [0, 0.05) is 0 Å². The van der Waals surface area contributed by atoms with Gasteiger partial charge in [0.25, 0.3) is 0 Å². The number of hydrogen-bond donors (Lipinski definition) is 0. The average molecular weight is 409 g/mol. The molecular weight excluding hydrogens is 390 g/mol. The molecule has 0 spiro atoms. The van der Waals surface area contributed by atoms with Gasteiger partial charge < -0.3 is 0 Å². The van der Waals surface area contributed by atoms with E-state index < -0.39 is 20.8 Å². The van der Waals surface area contributed by atoms with Crippen molar-refractivity contribution in [2.45, 2.75) is 26.7 Å². The maximum absolute atomic E-state index is 4.93. The molecule has 3 rings (SSSR count). The summed E-state index contributed by atoms with van der Waals surface area (Å²) in [5.41, 5.74) is 5.63. The van der Waals surface area contributed by atoms with Gasteiger partial charge in [-0.25, -0.2) is 0 Å². The Hall–Kier alpha value is -0.487. The van der Waals surface area contributed by atoms with Crippen molar-refractivity contribution >= 4 is 27.8 Å². The Kier molecular flexibility index (Phi) is 7.28. The summed E-state index contributed by atoms with van der Waals surface area (Å²) in [5.74, 6) is 0. The van der Waals surface area contributed by atoms with Gasteiger partial charge >= 0.3 is 37.9 Å². The van der Waals surface area contributed by atoms with Crippen LogP contribution in [0.15, 0.2) is 54.6 Å². The molecule has 0 nitrogen and oxygen atoms in total. The van der Waals surface area contributed by atoms with Gasteiger partial charge in [0.2, 0.25) is 0 Å². The Bertz CT molecular complexity index is 717. The van der Waals surface area contributed by atoms with E-state index in [1.54, 1.807) is 0 Å². The zero-order valence-electron chi connectivity index (χ0n) is 12.9. The Labute approximate surface area is 151 Å². The quantitative estimate of drug-likeness (QED) is 0.443. The second kappa shape index (κ2) is 8.97. The van der Waals surface area contributed by atoms with Gasteiger partial charge in [0.15, 0.2) is 0 Å². The normalized spacial score (nSPS) is 10.2. The third-order valence-corrected chi connectivity index (χ3v) is 3.87. The van der Waals surface area contributed by atoms with Crippen molar-refractivity contribution in [3.8, 4) is 0 Å². The molecule has 0 heterocycles. The van der Waals surface area contributed by atoms with Gasteiger partial charge in [0.05, 0.1) is 0 Å². The van der Waals surface area contributed by atoms with E-state index in [2.05, 4.69) is 68.4 Å². The summed E-state index contributed by atoms with van der Waals surface area (Å²) in [5, 5.41) is 2.86. The number of rotatable bonds is 3. The third-order valence-electron chi connectivity index (χ3n) is 3.87. The predicted octanol–water partition coefficient (Wildman–Crippen LogP) is 6.34. The van der Waals surface area contributed by atoms with Crippen molar-refractivity contribution in [3.05, 3.63) is 76.9 Å². The molecule has 0 saturated carbocycles. The van der Waals surface area contributed by atoms with Crippen molar-refractivity contribution in [1.29, 1.82) is 0 Å². The maximum atomic E-state index is 4.93. The zero-order chi connectivity index (χ0) is 15.9. The summed E-state index contributed by atoms with van der Waals surface area (Å²) < 4.78 is 0. The first-order valence-corrected chi connectivity index (χ1v) is 13.6. The summed E-state index contributed by atoms with van der Waals surface area (Å²) in [6, 6.07) is 19.9. The summed E-state index contributed by atoms with van der Waals surface area (Å²) >= 11 is -0.826. The molecule has 0 saturated heterocycles. The molecule has 0 N–H and O–H groups in total. The standard InChI is InChI=1S/C19H19.2ClH.Zr/c1-14-12-18-15(2)8-10-17(19(18)13-14)11-9-16-6-4-3-5-7-16;;;/h3-8,10,12-13H,9,11H2,1-2H3;2*1H;/q-1;;;+2/p-2. The van der Waals surface area contributed by atoms with Gasteiger partial charge in [0.1, 0.15) is 0 Å². The van der Waals surface area contributed by atoms with Crippen LogP contribution in [0.5, 0.6) is 0 Å². The van der Waals surface area contributed by atoms with Gasteiger partial charge in [-0.05, 0) is 18.4 Å². The first-order chi connectivity index (χ1) is 10.7.